The van der Waals surface area contributed by atoms with Crippen LogP contribution in [0.1, 0.15) is 38.0 Å². The number of fused-ring (bicyclic) bond motifs is 1. The number of ether oxygens (including phenoxy) is 1. The first-order valence-corrected chi connectivity index (χ1v) is 15.0. The second-order valence-corrected chi connectivity index (χ2v) is 11.0. The molecule has 1 N–H and O–H groups in total. The summed E-state index contributed by atoms with van der Waals surface area (Å²) in [4.78, 5) is 56.6. The van der Waals surface area contributed by atoms with Gasteiger partial charge in [-0.1, -0.05) is 18.2 Å². The van der Waals surface area contributed by atoms with Crippen LogP contribution >= 0.6 is 0 Å². The fourth-order valence-electron chi connectivity index (χ4n) is 5.34. The van der Waals surface area contributed by atoms with Crippen molar-refractivity contribution in [2.75, 3.05) is 38.3 Å². The van der Waals surface area contributed by atoms with Gasteiger partial charge in [0.15, 0.2) is 6.04 Å². The highest BCUT2D eigenvalue weighted by Crippen LogP contribution is 2.32. The first-order valence-electron chi connectivity index (χ1n) is 15.0. The molecule has 244 valence electrons. The third kappa shape index (κ3) is 6.86. The maximum Gasteiger partial charge on any atom is 0.416 e. The Morgan fingerprint density at radius 3 is 2.35 bits per heavy atom. The standard InChI is InChI=1S/C35H29F3N6O4/c1-43(33(46)26-5-4-16-40-30(26)22-7-11-25(12-8-22)35(36,37)38)29-14-10-23-21-24(9-13-27(23)41-29)32(45)42-31(28-6-2-3-15-39-28)34(47)44-17-19-48-20-18-44/h2-16,21,31H,17-20H2,1H3,(H,42,45)/t31-/m0/s1. The van der Waals surface area contributed by atoms with Gasteiger partial charge in [0.05, 0.1) is 41.2 Å². The molecule has 48 heavy (non-hydrogen) atoms. The number of nitrogens with one attached hydrogen (secondary N) is 1. The van der Waals surface area contributed by atoms with Crippen molar-refractivity contribution in [3.8, 4) is 11.3 Å². The van der Waals surface area contributed by atoms with E-state index in [1.165, 1.54) is 30.3 Å². The molecule has 3 aromatic heterocycles. The number of pyridine rings is 3. The van der Waals surface area contributed by atoms with E-state index in [1.807, 2.05) is 0 Å². The summed E-state index contributed by atoms with van der Waals surface area (Å²) >= 11 is 0. The second kappa shape index (κ2) is 13.6. The number of rotatable bonds is 7. The number of hydrogen-bond acceptors (Lipinski definition) is 7. The topological polar surface area (TPSA) is 118 Å². The molecule has 1 atom stereocenters. The molecule has 1 saturated heterocycles. The minimum Gasteiger partial charge on any atom is -0.378 e. The molecule has 0 aliphatic carbocycles. The smallest absolute Gasteiger partial charge is 0.378 e. The highest BCUT2D eigenvalue weighted by atomic mass is 19.4. The molecule has 5 aromatic rings. The molecule has 10 nitrogen and oxygen atoms in total. The molecule has 1 aliphatic heterocycles. The molecule has 2 aromatic carbocycles. The predicted octanol–water partition coefficient (Wildman–Crippen LogP) is 5.32. The van der Waals surface area contributed by atoms with E-state index < -0.39 is 29.6 Å². The van der Waals surface area contributed by atoms with E-state index in [4.69, 9.17) is 4.74 Å². The van der Waals surface area contributed by atoms with Gasteiger partial charge >= 0.3 is 6.18 Å². The summed E-state index contributed by atoms with van der Waals surface area (Å²) in [7, 11) is 1.53. The van der Waals surface area contributed by atoms with Gasteiger partial charge in [0.1, 0.15) is 5.82 Å². The second-order valence-electron chi connectivity index (χ2n) is 11.0. The molecule has 13 heteroatoms. The molecule has 3 amide bonds. The fraction of sp³-hybridized carbons (Fsp3) is 0.200. The average molecular weight is 655 g/mol. The summed E-state index contributed by atoms with van der Waals surface area (Å²) in [5.41, 5.74) is 1.19. The Bertz CT molecular complexity index is 1970. The van der Waals surface area contributed by atoms with Crippen molar-refractivity contribution in [3.05, 3.63) is 120 Å². The zero-order valence-corrected chi connectivity index (χ0v) is 25.6. The van der Waals surface area contributed by atoms with E-state index in [1.54, 1.807) is 71.8 Å². The zero-order valence-electron chi connectivity index (χ0n) is 25.6. The van der Waals surface area contributed by atoms with Crippen molar-refractivity contribution in [1.82, 2.24) is 25.2 Å². The lowest BCUT2D eigenvalue weighted by molar-refractivity contribution is -0.138. The van der Waals surface area contributed by atoms with Gasteiger partial charge in [0.25, 0.3) is 17.7 Å². The molecule has 0 saturated carbocycles. The number of alkyl halides is 3. The third-order valence-electron chi connectivity index (χ3n) is 7.94. The van der Waals surface area contributed by atoms with Gasteiger partial charge in [-0.15, -0.1) is 0 Å². The van der Waals surface area contributed by atoms with Gasteiger partial charge in [-0.25, -0.2) is 4.98 Å². The monoisotopic (exact) mass is 654 g/mol. The molecule has 0 bridgehead atoms. The van der Waals surface area contributed by atoms with Crippen LogP contribution in [0, 0.1) is 0 Å². The third-order valence-corrected chi connectivity index (χ3v) is 7.94. The van der Waals surface area contributed by atoms with Crippen LogP contribution in [-0.2, 0) is 15.7 Å². The molecular weight excluding hydrogens is 625 g/mol. The molecule has 1 aliphatic rings. The molecule has 6 rings (SSSR count). The summed E-state index contributed by atoms with van der Waals surface area (Å²) in [5, 5.41) is 3.45. The highest BCUT2D eigenvalue weighted by Gasteiger charge is 2.31. The van der Waals surface area contributed by atoms with Crippen molar-refractivity contribution in [2.24, 2.45) is 0 Å². The number of carbonyl (C=O) groups is 3. The summed E-state index contributed by atoms with van der Waals surface area (Å²) < 4.78 is 44.6. The van der Waals surface area contributed by atoms with Gasteiger partial charge in [-0.05, 0) is 66.7 Å². The van der Waals surface area contributed by atoms with E-state index in [2.05, 4.69) is 20.3 Å². The lowest BCUT2D eigenvalue weighted by atomic mass is 10.0. The van der Waals surface area contributed by atoms with Gasteiger partial charge in [-0.2, -0.15) is 13.2 Å². The normalized spacial score (nSPS) is 14.0. The highest BCUT2D eigenvalue weighted by molar-refractivity contribution is 6.09. The SMILES string of the molecule is CN(C(=O)c1cccnc1-c1ccc(C(F)(F)F)cc1)c1ccc2cc(C(=O)N[C@H](C(=O)N3CCOCC3)c3ccccn3)ccc2n1. The summed E-state index contributed by atoms with van der Waals surface area (Å²) in [6, 6.07) is 19.9. The first-order chi connectivity index (χ1) is 23.1. The van der Waals surface area contributed by atoms with Crippen LogP contribution < -0.4 is 10.2 Å². The fourth-order valence-corrected chi connectivity index (χ4v) is 5.34. The van der Waals surface area contributed by atoms with Crippen molar-refractivity contribution < 1.29 is 32.3 Å². The Morgan fingerprint density at radius 2 is 1.65 bits per heavy atom. The molecule has 0 unspecified atom stereocenters. The first kappa shape index (κ1) is 32.3. The summed E-state index contributed by atoms with van der Waals surface area (Å²) in [5.74, 6) is -0.914. The Kier molecular flexibility index (Phi) is 9.13. The van der Waals surface area contributed by atoms with Crippen LogP contribution in [0.3, 0.4) is 0 Å². The van der Waals surface area contributed by atoms with Crippen molar-refractivity contribution in [1.29, 1.82) is 0 Å². The summed E-state index contributed by atoms with van der Waals surface area (Å²) in [6.07, 6.45) is -1.47. The Hall–Kier alpha value is -5.69. The van der Waals surface area contributed by atoms with E-state index in [-0.39, 0.29) is 17.2 Å². The van der Waals surface area contributed by atoms with Crippen LogP contribution in [-0.4, -0.2) is 70.9 Å². The number of nitrogens with zero attached hydrogens (tertiary/aromatic N) is 5. The maximum atomic E-state index is 13.6. The van der Waals surface area contributed by atoms with Gasteiger partial charge in [-0.3, -0.25) is 29.3 Å². The van der Waals surface area contributed by atoms with Crippen LogP contribution in [0.5, 0.6) is 0 Å². The Balaban J connectivity index is 1.21. The number of carbonyl (C=O) groups excluding carboxylic acids is 3. The van der Waals surface area contributed by atoms with Crippen LogP contribution in [0.15, 0.2) is 97.3 Å². The minimum absolute atomic E-state index is 0.183. The Labute approximate surface area is 273 Å². The molecule has 0 spiro atoms. The predicted molar refractivity (Wildman–Crippen MR) is 171 cm³/mol. The number of anilines is 1. The van der Waals surface area contributed by atoms with Gasteiger partial charge < -0.3 is 15.0 Å². The number of hydrogen-bond donors (Lipinski definition) is 1. The molecule has 4 heterocycles. The van der Waals surface area contributed by atoms with Crippen LogP contribution in [0.2, 0.25) is 0 Å². The van der Waals surface area contributed by atoms with E-state index in [0.29, 0.717) is 59.8 Å². The molecule has 0 radical (unpaired) electrons. The number of morpholine rings is 1. The zero-order chi connectivity index (χ0) is 33.8. The molecule has 1 fully saturated rings. The lowest BCUT2D eigenvalue weighted by Crippen LogP contribution is -2.47. The maximum absolute atomic E-state index is 13.6. The van der Waals surface area contributed by atoms with E-state index in [9.17, 15) is 27.6 Å². The molecular formula is C35H29F3N6O4. The van der Waals surface area contributed by atoms with Crippen molar-refractivity contribution in [2.45, 2.75) is 12.2 Å². The quantitative estimate of drug-likeness (QED) is 0.253. The lowest BCUT2D eigenvalue weighted by Gasteiger charge is -2.30. The van der Waals surface area contributed by atoms with E-state index >= 15 is 0 Å². The minimum atomic E-state index is -4.49. The number of amides is 3. The largest absolute Gasteiger partial charge is 0.416 e. The summed E-state index contributed by atoms with van der Waals surface area (Å²) in [6.45, 7) is 1.65. The Morgan fingerprint density at radius 1 is 0.896 bits per heavy atom. The van der Waals surface area contributed by atoms with Crippen molar-refractivity contribution in [3.63, 3.8) is 0 Å². The van der Waals surface area contributed by atoms with Crippen LogP contribution in [0.25, 0.3) is 22.2 Å². The number of benzene rings is 2. The van der Waals surface area contributed by atoms with Gasteiger partial charge in [0, 0.05) is 49.0 Å². The van der Waals surface area contributed by atoms with Crippen LogP contribution in [0.4, 0.5) is 19.0 Å². The number of aromatic nitrogens is 3. The van der Waals surface area contributed by atoms with Gasteiger partial charge in [0.2, 0.25) is 0 Å². The van der Waals surface area contributed by atoms with E-state index in [0.717, 1.165) is 12.1 Å². The average Bonchev–Trinajstić information content (AvgIpc) is 3.12. The van der Waals surface area contributed by atoms with Crippen molar-refractivity contribution >= 4 is 34.4 Å². The number of halogens is 3.